The highest BCUT2D eigenvalue weighted by Crippen LogP contribution is 2.13. The molecule has 1 heterocycles. The second-order valence-corrected chi connectivity index (χ2v) is 4.92. The highest BCUT2D eigenvalue weighted by Gasteiger charge is 2.23. The van der Waals surface area contributed by atoms with E-state index < -0.39 is 12.1 Å². The number of ether oxygens (including phenoxy) is 2. The molecule has 1 saturated heterocycles. The van der Waals surface area contributed by atoms with Crippen molar-refractivity contribution < 1.29 is 29.3 Å². The number of carbonyl (C=O) groups is 2. The maximum absolute atomic E-state index is 12.0. The van der Waals surface area contributed by atoms with Gasteiger partial charge in [0.1, 0.15) is 0 Å². The summed E-state index contributed by atoms with van der Waals surface area (Å²) in [5.74, 6) is -0.960. The van der Waals surface area contributed by atoms with E-state index in [4.69, 9.17) is 19.7 Å². The molecule has 2 amide bonds. The lowest BCUT2D eigenvalue weighted by molar-refractivity contribution is -0.139. The molecule has 0 aromatic heterocycles. The summed E-state index contributed by atoms with van der Waals surface area (Å²) in [6.07, 6.45) is 0.872. The van der Waals surface area contributed by atoms with Crippen LogP contribution < -0.4 is 5.32 Å². The van der Waals surface area contributed by atoms with Gasteiger partial charge in [0.25, 0.3) is 0 Å². The van der Waals surface area contributed by atoms with Crippen molar-refractivity contribution in [3.63, 3.8) is 0 Å². The van der Waals surface area contributed by atoms with Gasteiger partial charge in [-0.1, -0.05) is 0 Å². The lowest BCUT2D eigenvalue weighted by Crippen LogP contribution is -2.48. The van der Waals surface area contributed by atoms with Crippen LogP contribution in [0.3, 0.4) is 0 Å². The summed E-state index contributed by atoms with van der Waals surface area (Å²) >= 11 is 0. The molecule has 0 aliphatic carbocycles. The Hall–Kier alpha value is -1.38. The highest BCUT2D eigenvalue weighted by molar-refractivity contribution is 5.74. The molecule has 0 aromatic rings. The maximum Gasteiger partial charge on any atom is 0.317 e. The number of hydrogen-bond acceptors (Lipinski definition) is 5. The number of aliphatic carboxylic acids is 1. The van der Waals surface area contributed by atoms with Crippen molar-refractivity contribution in [1.82, 2.24) is 10.2 Å². The topological polar surface area (TPSA) is 108 Å². The number of carboxylic acids is 1. The Balaban J connectivity index is 2.25. The predicted molar refractivity (Wildman–Crippen MR) is 74.1 cm³/mol. The largest absolute Gasteiger partial charge is 0.481 e. The first-order chi connectivity index (χ1) is 10.1. The number of aliphatic hydroxyl groups excluding tert-OH is 1. The molecule has 1 aliphatic heterocycles. The van der Waals surface area contributed by atoms with Crippen LogP contribution in [0.2, 0.25) is 0 Å². The fourth-order valence-electron chi connectivity index (χ4n) is 2.19. The van der Waals surface area contributed by atoms with Crippen LogP contribution in [0.25, 0.3) is 0 Å². The molecule has 0 radical (unpaired) electrons. The van der Waals surface area contributed by atoms with Gasteiger partial charge in [-0.2, -0.15) is 0 Å². The van der Waals surface area contributed by atoms with Crippen molar-refractivity contribution in [2.45, 2.75) is 31.5 Å². The first kappa shape index (κ1) is 17.7. The summed E-state index contributed by atoms with van der Waals surface area (Å²) in [6, 6.07) is -0.219. The number of hydrogen-bond donors (Lipinski definition) is 3. The number of rotatable bonds is 8. The van der Waals surface area contributed by atoms with E-state index >= 15 is 0 Å². The molecule has 0 saturated carbocycles. The van der Waals surface area contributed by atoms with Crippen molar-refractivity contribution in [2.75, 3.05) is 40.0 Å². The van der Waals surface area contributed by atoms with Gasteiger partial charge >= 0.3 is 12.0 Å². The predicted octanol–water partition coefficient (Wildman–Crippen LogP) is -0.341. The van der Waals surface area contributed by atoms with Crippen LogP contribution in [-0.4, -0.2) is 79.3 Å². The molecule has 1 aliphatic rings. The smallest absolute Gasteiger partial charge is 0.317 e. The van der Waals surface area contributed by atoms with Gasteiger partial charge in [-0.05, 0) is 12.8 Å². The number of carbonyl (C=O) groups excluding carboxylic acids is 1. The molecule has 1 atom stereocenters. The first-order valence-corrected chi connectivity index (χ1v) is 7.06. The van der Waals surface area contributed by atoms with Crippen molar-refractivity contribution >= 4 is 12.0 Å². The van der Waals surface area contributed by atoms with Gasteiger partial charge in [0.15, 0.2) is 0 Å². The lowest BCUT2D eigenvalue weighted by Gasteiger charge is -2.32. The van der Waals surface area contributed by atoms with E-state index in [-0.39, 0.29) is 31.7 Å². The van der Waals surface area contributed by atoms with E-state index in [0.717, 1.165) is 12.8 Å². The van der Waals surface area contributed by atoms with Crippen molar-refractivity contribution in [2.24, 2.45) is 0 Å². The van der Waals surface area contributed by atoms with E-state index in [1.165, 1.54) is 7.11 Å². The molecule has 1 fully saturated rings. The van der Waals surface area contributed by atoms with Crippen molar-refractivity contribution in [3.8, 4) is 0 Å². The van der Waals surface area contributed by atoms with Crippen LogP contribution >= 0.6 is 0 Å². The molecule has 0 aromatic carbocycles. The van der Waals surface area contributed by atoms with Gasteiger partial charge in [-0.3, -0.25) is 4.79 Å². The molecule has 0 spiro atoms. The maximum atomic E-state index is 12.0. The molecular weight excluding hydrogens is 280 g/mol. The summed E-state index contributed by atoms with van der Waals surface area (Å²) in [7, 11) is 1.42. The summed E-state index contributed by atoms with van der Waals surface area (Å²) in [6.45, 7) is 1.66. The second kappa shape index (κ2) is 9.54. The van der Waals surface area contributed by atoms with Crippen LogP contribution in [0.4, 0.5) is 4.79 Å². The number of nitrogens with zero attached hydrogens (tertiary/aromatic N) is 1. The first-order valence-electron chi connectivity index (χ1n) is 7.06. The van der Waals surface area contributed by atoms with Crippen LogP contribution in [0.15, 0.2) is 0 Å². The van der Waals surface area contributed by atoms with Crippen molar-refractivity contribution in [1.29, 1.82) is 0 Å². The Kier molecular flexibility index (Phi) is 8.03. The van der Waals surface area contributed by atoms with Crippen LogP contribution in [0.5, 0.6) is 0 Å². The van der Waals surface area contributed by atoms with Gasteiger partial charge < -0.3 is 29.9 Å². The average molecular weight is 304 g/mol. The number of nitrogens with one attached hydrogen (secondary N) is 1. The number of aliphatic hydroxyl groups is 1. The Morgan fingerprint density at radius 3 is 2.57 bits per heavy atom. The zero-order valence-electron chi connectivity index (χ0n) is 12.3. The van der Waals surface area contributed by atoms with Crippen LogP contribution in [0.1, 0.15) is 19.3 Å². The molecule has 1 unspecified atom stereocenters. The fourth-order valence-corrected chi connectivity index (χ4v) is 2.19. The zero-order valence-corrected chi connectivity index (χ0v) is 12.3. The number of amides is 2. The quantitative estimate of drug-likeness (QED) is 0.566. The van der Waals surface area contributed by atoms with Crippen LogP contribution in [0, 0.1) is 0 Å². The van der Waals surface area contributed by atoms with E-state index in [0.29, 0.717) is 19.7 Å². The highest BCUT2D eigenvalue weighted by atomic mass is 16.5. The van der Waals surface area contributed by atoms with Crippen molar-refractivity contribution in [3.05, 3.63) is 0 Å². The molecule has 1 rings (SSSR count). The average Bonchev–Trinajstić information content (AvgIpc) is 2.49. The number of likely N-dealkylation sites (tertiary alicyclic amines) is 1. The fraction of sp³-hybridized carbons (Fsp3) is 0.846. The molecule has 21 heavy (non-hydrogen) atoms. The van der Waals surface area contributed by atoms with Crippen LogP contribution in [-0.2, 0) is 14.3 Å². The third-order valence-corrected chi connectivity index (χ3v) is 3.39. The van der Waals surface area contributed by atoms with Gasteiger partial charge in [-0.15, -0.1) is 0 Å². The minimum atomic E-state index is -0.960. The second-order valence-electron chi connectivity index (χ2n) is 4.92. The number of urea groups is 1. The van der Waals surface area contributed by atoms with Gasteiger partial charge in [-0.25, -0.2) is 4.79 Å². The Bertz CT molecular complexity index is 331. The molecule has 122 valence electrons. The monoisotopic (exact) mass is 304 g/mol. The minimum Gasteiger partial charge on any atom is -0.481 e. The third-order valence-electron chi connectivity index (χ3n) is 3.39. The number of methoxy groups -OCH3 is 1. The summed E-state index contributed by atoms with van der Waals surface area (Å²) in [5, 5.41) is 20.1. The summed E-state index contributed by atoms with van der Waals surface area (Å²) in [4.78, 5) is 24.2. The van der Waals surface area contributed by atoms with Gasteiger partial charge in [0.05, 0.1) is 31.8 Å². The van der Waals surface area contributed by atoms with E-state index in [1.807, 2.05) is 0 Å². The summed E-state index contributed by atoms with van der Waals surface area (Å²) in [5.41, 5.74) is 0. The van der Waals surface area contributed by atoms with E-state index in [1.54, 1.807) is 4.90 Å². The molecular formula is C13H24N2O6. The van der Waals surface area contributed by atoms with Gasteiger partial charge in [0.2, 0.25) is 0 Å². The Morgan fingerprint density at radius 2 is 2.05 bits per heavy atom. The molecule has 3 N–H and O–H groups in total. The minimum absolute atomic E-state index is 0.00266. The molecule has 0 bridgehead atoms. The SMILES string of the molecule is COC(CNC(=O)N1CCC(OCCO)CC1)CC(=O)O. The van der Waals surface area contributed by atoms with Gasteiger partial charge in [0, 0.05) is 26.7 Å². The third kappa shape index (κ3) is 6.74. The Morgan fingerprint density at radius 1 is 1.38 bits per heavy atom. The summed E-state index contributed by atoms with van der Waals surface area (Å²) < 4.78 is 10.4. The normalized spacial score (nSPS) is 17.5. The Labute approximate surface area is 124 Å². The molecule has 8 heteroatoms. The van der Waals surface area contributed by atoms with E-state index in [2.05, 4.69) is 5.32 Å². The lowest BCUT2D eigenvalue weighted by atomic mass is 10.1. The zero-order chi connectivity index (χ0) is 15.7. The molecule has 8 nitrogen and oxygen atoms in total. The van der Waals surface area contributed by atoms with E-state index in [9.17, 15) is 9.59 Å². The number of piperidine rings is 1. The standard InChI is InChI=1S/C13H24N2O6/c1-20-11(8-12(17)18)9-14-13(19)15-4-2-10(3-5-15)21-7-6-16/h10-11,16H,2-9H2,1H3,(H,14,19)(H,17,18). The number of carboxylic acid groups (broad SMARTS) is 1.